The van der Waals surface area contributed by atoms with Crippen molar-refractivity contribution in [3.8, 4) is 5.75 Å². The number of aromatic hydroxyl groups is 1. The Balaban J connectivity index is 1.97. The van der Waals surface area contributed by atoms with Crippen molar-refractivity contribution in [3.05, 3.63) is 64.7 Å². The first-order valence-electron chi connectivity index (χ1n) is 6.53. The molecule has 0 saturated carbocycles. The largest absolute Gasteiger partial charge is 0.508 e. The van der Waals surface area contributed by atoms with Crippen molar-refractivity contribution >= 4 is 17.6 Å². The predicted molar refractivity (Wildman–Crippen MR) is 81.5 cm³/mol. The maximum absolute atomic E-state index is 11.3. The van der Waals surface area contributed by atoms with E-state index in [4.69, 9.17) is 11.6 Å². The van der Waals surface area contributed by atoms with E-state index in [1.165, 1.54) is 0 Å². The summed E-state index contributed by atoms with van der Waals surface area (Å²) < 4.78 is 0. The third-order valence-electron chi connectivity index (χ3n) is 3.14. The average Bonchev–Trinajstić information content (AvgIpc) is 2.47. The lowest BCUT2D eigenvalue weighted by molar-refractivity contribution is -0.139. The molecule has 110 valence electrons. The molecular weight excluding hydrogens is 290 g/mol. The van der Waals surface area contributed by atoms with Gasteiger partial charge in [-0.2, -0.15) is 0 Å². The van der Waals surface area contributed by atoms with Gasteiger partial charge in [-0.1, -0.05) is 35.9 Å². The number of hydrogen-bond donors (Lipinski definition) is 3. The number of phenolic OH excluding ortho intramolecular Hbond substituents is 1. The van der Waals surface area contributed by atoms with E-state index in [2.05, 4.69) is 5.32 Å². The van der Waals surface area contributed by atoms with Gasteiger partial charge in [0.15, 0.2) is 0 Å². The molecule has 0 spiro atoms. The number of phenols is 1. The van der Waals surface area contributed by atoms with Gasteiger partial charge in [-0.05, 0) is 41.8 Å². The van der Waals surface area contributed by atoms with Crippen molar-refractivity contribution in [1.29, 1.82) is 0 Å². The zero-order chi connectivity index (χ0) is 15.2. The third kappa shape index (κ3) is 4.77. The summed E-state index contributed by atoms with van der Waals surface area (Å²) in [5.74, 6) is -0.739. The second-order valence-corrected chi connectivity index (χ2v) is 5.21. The number of hydrogen-bond acceptors (Lipinski definition) is 3. The number of carboxylic acids is 1. The van der Waals surface area contributed by atoms with E-state index < -0.39 is 12.0 Å². The molecule has 0 saturated heterocycles. The number of aliphatic carboxylic acids is 1. The highest BCUT2D eigenvalue weighted by Crippen LogP contribution is 2.12. The smallest absolute Gasteiger partial charge is 0.321 e. The number of carbonyl (C=O) groups is 1. The van der Waals surface area contributed by atoms with Crippen LogP contribution in [0.3, 0.4) is 0 Å². The molecule has 4 nitrogen and oxygen atoms in total. The van der Waals surface area contributed by atoms with Crippen LogP contribution in [0.25, 0.3) is 0 Å². The summed E-state index contributed by atoms with van der Waals surface area (Å²) >= 11 is 5.81. The lowest BCUT2D eigenvalue weighted by atomic mass is 10.1. The molecule has 1 atom stereocenters. The minimum absolute atomic E-state index is 0.166. The minimum atomic E-state index is -0.906. The molecule has 0 amide bonds. The number of rotatable bonds is 6. The second-order valence-electron chi connectivity index (χ2n) is 4.77. The molecule has 0 heterocycles. The molecule has 0 unspecified atom stereocenters. The SMILES string of the molecule is O=C(O)[C@H](Cc1ccc(O)cc1)NCc1ccc(Cl)cc1. The number of halogens is 1. The summed E-state index contributed by atoms with van der Waals surface area (Å²) in [5.41, 5.74) is 1.82. The van der Waals surface area contributed by atoms with Gasteiger partial charge in [-0.25, -0.2) is 0 Å². The van der Waals surface area contributed by atoms with Gasteiger partial charge in [-0.3, -0.25) is 4.79 Å². The van der Waals surface area contributed by atoms with Gasteiger partial charge in [0.1, 0.15) is 11.8 Å². The fourth-order valence-electron chi connectivity index (χ4n) is 1.96. The average molecular weight is 306 g/mol. The Morgan fingerprint density at radius 3 is 2.19 bits per heavy atom. The van der Waals surface area contributed by atoms with Crippen LogP contribution in [0.5, 0.6) is 5.75 Å². The first kappa shape index (κ1) is 15.4. The van der Waals surface area contributed by atoms with Crippen molar-refractivity contribution in [2.75, 3.05) is 0 Å². The zero-order valence-corrected chi connectivity index (χ0v) is 12.0. The molecule has 2 rings (SSSR count). The number of nitrogens with one attached hydrogen (secondary N) is 1. The zero-order valence-electron chi connectivity index (χ0n) is 11.3. The topological polar surface area (TPSA) is 69.6 Å². The van der Waals surface area contributed by atoms with E-state index in [9.17, 15) is 15.0 Å². The Kier molecular flexibility index (Phi) is 5.20. The second kappa shape index (κ2) is 7.11. The fraction of sp³-hybridized carbons (Fsp3) is 0.188. The first-order chi connectivity index (χ1) is 10.0. The predicted octanol–water partition coefficient (Wildman–Crippen LogP) is 2.83. The molecule has 2 aromatic carbocycles. The molecule has 21 heavy (non-hydrogen) atoms. The highest BCUT2D eigenvalue weighted by molar-refractivity contribution is 6.30. The lowest BCUT2D eigenvalue weighted by Gasteiger charge is -2.14. The highest BCUT2D eigenvalue weighted by atomic mass is 35.5. The number of benzene rings is 2. The molecular formula is C16H16ClNO3. The van der Waals surface area contributed by atoms with E-state index in [1.807, 2.05) is 12.1 Å². The van der Waals surface area contributed by atoms with Gasteiger partial charge in [-0.15, -0.1) is 0 Å². The highest BCUT2D eigenvalue weighted by Gasteiger charge is 2.17. The van der Waals surface area contributed by atoms with E-state index in [-0.39, 0.29) is 5.75 Å². The summed E-state index contributed by atoms with van der Waals surface area (Å²) in [6.45, 7) is 0.451. The van der Waals surface area contributed by atoms with Gasteiger partial charge in [0, 0.05) is 11.6 Å². The molecule has 2 aromatic rings. The Morgan fingerprint density at radius 2 is 1.62 bits per heavy atom. The summed E-state index contributed by atoms with van der Waals surface area (Å²) in [7, 11) is 0. The molecule has 0 bridgehead atoms. The van der Waals surface area contributed by atoms with E-state index in [0.29, 0.717) is 18.0 Å². The van der Waals surface area contributed by atoms with Crippen molar-refractivity contribution in [3.63, 3.8) is 0 Å². The Hall–Kier alpha value is -2.04. The molecule has 0 aromatic heterocycles. The molecule has 0 aliphatic carbocycles. The Labute approximate surface area is 128 Å². The van der Waals surface area contributed by atoms with E-state index >= 15 is 0 Å². The van der Waals surface area contributed by atoms with Crippen LogP contribution in [0, 0.1) is 0 Å². The van der Waals surface area contributed by atoms with Crippen molar-refractivity contribution in [1.82, 2.24) is 5.32 Å². The molecule has 0 radical (unpaired) electrons. The third-order valence-corrected chi connectivity index (χ3v) is 3.39. The Bertz CT molecular complexity index is 596. The molecule has 5 heteroatoms. The monoisotopic (exact) mass is 305 g/mol. The van der Waals surface area contributed by atoms with Gasteiger partial charge in [0.05, 0.1) is 0 Å². The first-order valence-corrected chi connectivity index (χ1v) is 6.91. The quantitative estimate of drug-likeness (QED) is 0.767. The fourth-order valence-corrected chi connectivity index (χ4v) is 2.08. The van der Waals surface area contributed by atoms with Crippen LogP contribution in [0.4, 0.5) is 0 Å². The molecule has 0 aliphatic heterocycles. The maximum Gasteiger partial charge on any atom is 0.321 e. The normalized spacial score (nSPS) is 12.0. The van der Waals surface area contributed by atoms with Crippen LogP contribution < -0.4 is 5.32 Å². The summed E-state index contributed by atoms with van der Waals surface area (Å²) in [5, 5.41) is 22.2. The van der Waals surface area contributed by atoms with E-state index in [1.54, 1.807) is 36.4 Å². The van der Waals surface area contributed by atoms with Crippen LogP contribution in [-0.4, -0.2) is 22.2 Å². The van der Waals surface area contributed by atoms with Crippen LogP contribution in [-0.2, 0) is 17.8 Å². The van der Waals surface area contributed by atoms with Crippen LogP contribution in [0.1, 0.15) is 11.1 Å². The van der Waals surface area contributed by atoms with Crippen LogP contribution in [0.2, 0.25) is 5.02 Å². The van der Waals surface area contributed by atoms with Gasteiger partial charge in [0.25, 0.3) is 0 Å². The number of carboxylic acid groups (broad SMARTS) is 1. The molecule has 0 fully saturated rings. The van der Waals surface area contributed by atoms with Crippen molar-refractivity contribution in [2.24, 2.45) is 0 Å². The van der Waals surface area contributed by atoms with Crippen molar-refractivity contribution in [2.45, 2.75) is 19.0 Å². The van der Waals surface area contributed by atoms with Crippen LogP contribution >= 0.6 is 11.6 Å². The summed E-state index contributed by atoms with van der Waals surface area (Å²) in [6, 6.07) is 13.1. The maximum atomic E-state index is 11.3. The van der Waals surface area contributed by atoms with Gasteiger partial charge >= 0.3 is 5.97 Å². The van der Waals surface area contributed by atoms with Gasteiger partial charge in [0.2, 0.25) is 0 Å². The van der Waals surface area contributed by atoms with Crippen LogP contribution in [0.15, 0.2) is 48.5 Å². The minimum Gasteiger partial charge on any atom is -0.508 e. The summed E-state index contributed by atoms with van der Waals surface area (Å²) in [6.07, 6.45) is 0.350. The van der Waals surface area contributed by atoms with Gasteiger partial charge < -0.3 is 15.5 Å². The summed E-state index contributed by atoms with van der Waals surface area (Å²) in [4.78, 5) is 11.3. The standard InChI is InChI=1S/C16H16ClNO3/c17-13-5-1-12(2-6-13)10-18-15(16(20)21)9-11-3-7-14(19)8-4-11/h1-8,15,18-19H,9-10H2,(H,20,21)/t15-/m0/s1. The van der Waals surface area contributed by atoms with Crippen molar-refractivity contribution < 1.29 is 15.0 Å². The Morgan fingerprint density at radius 1 is 1.05 bits per heavy atom. The molecule has 0 aliphatic rings. The molecule has 3 N–H and O–H groups in total. The van der Waals surface area contributed by atoms with E-state index in [0.717, 1.165) is 11.1 Å². The lowest BCUT2D eigenvalue weighted by Crippen LogP contribution is -2.38.